The van der Waals surface area contributed by atoms with Crippen molar-refractivity contribution in [3.05, 3.63) is 0 Å². The van der Waals surface area contributed by atoms with Crippen LogP contribution in [0.4, 0.5) is 0 Å². The van der Waals surface area contributed by atoms with E-state index < -0.39 is 15.3 Å². The highest BCUT2D eigenvalue weighted by Crippen LogP contribution is 2.29. The largest absolute Gasteiger partial charge is 0.341 e. The third-order valence-corrected chi connectivity index (χ3v) is 7.95. The molecule has 3 rings (SSSR count). The molecule has 0 aromatic heterocycles. The Kier molecular flexibility index (Phi) is 5.28. The molecular weight excluding hydrogens is 314 g/mol. The van der Waals surface area contributed by atoms with E-state index in [9.17, 15) is 13.2 Å². The first kappa shape index (κ1) is 17.2. The van der Waals surface area contributed by atoms with Gasteiger partial charge in [-0.2, -0.15) is 4.31 Å². The molecular formula is C16H29N3O3S. The van der Waals surface area contributed by atoms with Crippen molar-refractivity contribution < 1.29 is 13.2 Å². The smallest absolute Gasteiger partial charge is 0.225 e. The molecule has 2 saturated heterocycles. The van der Waals surface area contributed by atoms with Gasteiger partial charge in [0.05, 0.1) is 5.25 Å². The normalized spacial score (nSPS) is 29.1. The molecule has 6 nitrogen and oxygen atoms in total. The standard InChI is InChI=1S/C16H29N3O3S/c1-17-9-11-19(12-10-17)23(21,22)15-7-4-8-18(13-15)16(20)14-5-2-3-6-14/h14-15H,2-13H2,1H3/t15-/m1/s1. The summed E-state index contributed by atoms with van der Waals surface area (Å²) in [6.07, 6.45) is 5.70. The van der Waals surface area contributed by atoms with Gasteiger partial charge in [0.15, 0.2) is 0 Å². The van der Waals surface area contributed by atoms with Crippen LogP contribution in [-0.4, -0.2) is 80.0 Å². The topological polar surface area (TPSA) is 60.9 Å². The molecule has 1 saturated carbocycles. The summed E-state index contributed by atoms with van der Waals surface area (Å²) in [4.78, 5) is 16.6. The van der Waals surface area contributed by atoms with Crippen LogP contribution in [0.3, 0.4) is 0 Å². The van der Waals surface area contributed by atoms with E-state index in [1.54, 1.807) is 4.31 Å². The number of amides is 1. The SMILES string of the molecule is CN1CCN(S(=O)(=O)[C@@H]2CCCN(C(=O)C3CCCC3)C2)CC1. The quantitative estimate of drug-likeness (QED) is 0.758. The lowest BCUT2D eigenvalue weighted by Gasteiger charge is -2.38. The second kappa shape index (κ2) is 7.07. The van der Waals surface area contributed by atoms with E-state index in [1.807, 2.05) is 11.9 Å². The summed E-state index contributed by atoms with van der Waals surface area (Å²) in [5.41, 5.74) is 0. The predicted octanol–water partition coefficient (Wildman–Crippen LogP) is 0.745. The van der Waals surface area contributed by atoms with Crippen LogP contribution in [0.15, 0.2) is 0 Å². The summed E-state index contributed by atoms with van der Waals surface area (Å²) >= 11 is 0. The number of sulfonamides is 1. The Bertz CT molecular complexity index is 523. The Morgan fingerprint density at radius 3 is 2.22 bits per heavy atom. The van der Waals surface area contributed by atoms with E-state index in [4.69, 9.17) is 0 Å². The Labute approximate surface area is 139 Å². The van der Waals surface area contributed by atoms with Gasteiger partial charge in [0.2, 0.25) is 15.9 Å². The van der Waals surface area contributed by atoms with Gasteiger partial charge < -0.3 is 9.80 Å². The fraction of sp³-hybridized carbons (Fsp3) is 0.938. The minimum absolute atomic E-state index is 0.139. The van der Waals surface area contributed by atoms with Crippen LogP contribution in [-0.2, 0) is 14.8 Å². The van der Waals surface area contributed by atoms with Crippen molar-refractivity contribution in [1.82, 2.24) is 14.1 Å². The van der Waals surface area contributed by atoms with E-state index in [2.05, 4.69) is 4.90 Å². The molecule has 23 heavy (non-hydrogen) atoms. The number of rotatable bonds is 3. The summed E-state index contributed by atoms with van der Waals surface area (Å²) in [5, 5.41) is -0.412. The number of likely N-dealkylation sites (N-methyl/N-ethyl adjacent to an activating group) is 1. The van der Waals surface area contributed by atoms with Gasteiger partial charge in [0.1, 0.15) is 0 Å². The van der Waals surface area contributed by atoms with Crippen LogP contribution in [0, 0.1) is 5.92 Å². The van der Waals surface area contributed by atoms with Crippen LogP contribution in [0.2, 0.25) is 0 Å². The van der Waals surface area contributed by atoms with Crippen molar-refractivity contribution >= 4 is 15.9 Å². The molecule has 0 spiro atoms. The van der Waals surface area contributed by atoms with E-state index in [0.29, 0.717) is 26.1 Å². The molecule has 2 heterocycles. The number of hydrogen-bond donors (Lipinski definition) is 0. The molecule has 132 valence electrons. The van der Waals surface area contributed by atoms with Crippen molar-refractivity contribution in [2.45, 2.75) is 43.8 Å². The predicted molar refractivity (Wildman–Crippen MR) is 89.5 cm³/mol. The van der Waals surface area contributed by atoms with Crippen molar-refractivity contribution in [3.63, 3.8) is 0 Å². The highest BCUT2D eigenvalue weighted by molar-refractivity contribution is 7.89. The number of piperazine rings is 1. The summed E-state index contributed by atoms with van der Waals surface area (Å²) in [5.74, 6) is 0.334. The molecule has 0 aromatic rings. The highest BCUT2D eigenvalue weighted by atomic mass is 32.2. The van der Waals surface area contributed by atoms with Gasteiger partial charge >= 0.3 is 0 Å². The van der Waals surface area contributed by atoms with Crippen LogP contribution < -0.4 is 0 Å². The molecule has 2 aliphatic heterocycles. The van der Waals surface area contributed by atoms with Crippen LogP contribution in [0.25, 0.3) is 0 Å². The first-order valence-electron chi connectivity index (χ1n) is 8.95. The maximum absolute atomic E-state index is 12.9. The van der Waals surface area contributed by atoms with Crippen molar-refractivity contribution in [3.8, 4) is 0 Å². The summed E-state index contributed by atoms with van der Waals surface area (Å²) in [7, 11) is -1.27. The lowest BCUT2D eigenvalue weighted by molar-refractivity contribution is -0.136. The third kappa shape index (κ3) is 3.72. The average Bonchev–Trinajstić information content (AvgIpc) is 3.09. The van der Waals surface area contributed by atoms with Gasteiger partial charge in [-0.05, 0) is 32.7 Å². The molecule has 1 atom stereocenters. The number of carbonyl (C=O) groups excluding carboxylic acids is 1. The minimum Gasteiger partial charge on any atom is -0.341 e. The first-order valence-corrected chi connectivity index (χ1v) is 10.4. The number of piperidine rings is 1. The third-order valence-electron chi connectivity index (χ3n) is 5.64. The zero-order valence-electron chi connectivity index (χ0n) is 14.1. The maximum Gasteiger partial charge on any atom is 0.225 e. The monoisotopic (exact) mass is 343 g/mol. The van der Waals surface area contributed by atoms with Gasteiger partial charge in [-0.1, -0.05) is 12.8 Å². The highest BCUT2D eigenvalue weighted by Gasteiger charge is 2.39. The molecule has 0 aromatic carbocycles. The Balaban J connectivity index is 1.64. The first-order chi connectivity index (χ1) is 11.0. The van der Waals surface area contributed by atoms with Gasteiger partial charge in [-0.25, -0.2) is 8.42 Å². The second-order valence-corrected chi connectivity index (χ2v) is 9.49. The average molecular weight is 343 g/mol. The maximum atomic E-state index is 12.9. The Morgan fingerprint density at radius 1 is 0.913 bits per heavy atom. The van der Waals surface area contributed by atoms with E-state index in [-0.39, 0.29) is 11.8 Å². The van der Waals surface area contributed by atoms with Crippen LogP contribution >= 0.6 is 0 Å². The summed E-state index contributed by atoms with van der Waals surface area (Å²) in [6.45, 7) is 3.85. The molecule has 0 N–H and O–H groups in total. The van der Waals surface area contributed by atoms with Gasteiger partial charge in [-0.3, -0.25) is 4.79 Å². The van der Waals surface area contributed by atoms with Crippen molar-refractivity contribution in [2.75, 3.05) is 46.3 Å². The molecule has 0 bridgehead atoms. The van der Waals surface area contributed by atoms with Gasteiger partial charge in [0, 0.05) is 45.2 Å². The van der Waals surface area contributed by atoms with Gasteiger partial charge in [-0.15, -0.1) is 0 Å². The van der Waals surface area contributed by atoms with Crippen LogP contribution in [0.5, 0.6) is 0 Å². The molecule has 1 amide bonds. The summed E-state index contributed by atoms with van der Waals surface area (Å²) < 4.78 is 27.5. The van der Waals surface area contributed by atoms with Crippen LogP contribution in [0.1, 0.15) is 38.5 Å². The molecule has 0 radical (unpaired) electrons. The van der Waals surface area contributed by atoms with E-state index in [1.165, 1.54) is 0 Å². The zero-order valence-corrected chi connectivity index (χ0v) is 14.9. The van der Waals surface area contributed by atoms with Crippen molar-refractivity contribution in [2.24, 2.45) is 5.92 Å². The van der Waals surface area contributed by atoms with Crippen molar-refractivity contribution in [1.29, 1.82) is 0 Å². The fourth-order valence-corrected chi connectivity index (χ4v) is 5.99. The molecule has 0 unspecified atom stereocenters. The fourth-order valence-electron chi connectivity index (χ4n) is 4.07. The zero-order chi connectivity index (χ0) is 16.4. The Hall–Kier alpha value is -0.660. The van der Waals surface area contributed by atoms with E-state index >= 15 is 0 Å². The van der Waals surface area contributed by atoms with E-state index in [0.717, 1.165) is 51.7 Å². The van der Waals surface area contributed by atoms with Gasteiger partial charge in [0.25, 0.3) is 0 Å². The molecule has 7 heteroatoms. The second-order valence-electron chi connectivity index (χ2n) is 7.28. The molecule has 3 fully saturated rings. The Morgan fingerprint density at radius 2 is 1.57 bits per heavy atom. The lowest BCUT2D eigenvalue weighted by atomic mass is 10.0. The number of likely N-dealkylation sites (tertiary alicyclic amines) is 1. The number of nitrogens with zero attached hydrogens (tertiary/aromatic N) is 3. The molecule has 1 aliphatic carbocycles. The lowest BCUT2D eigenvalue weighted by Crippen LogP contribution is -2.54. The summed E-state index contributed by atoms with van der Waals surface area (Å²) in [6, 6.07) is 0. The minimum atomic E-state index is -3.29. The number of carbonyl (C=O) groups is 1. The number of hydrogen-bond acceptors (Lipinski definition) is 4. The molecule has 3 aliphatic rings.